The Morgan fingerprint density at radius 2 is 1.04 bits per heavy atom. The lowest BCUT2D eigenvalue weighted by Crippen LogP contribution is -2.23. The third-order valence-corrected chi connectivity index (χ3v) is 7.25. The van der Waals surface area contributed by atoms with E-state index in [-0.39, 0.29) is 37.9 Å². The summed E-state index contributed by atoms with van der Waals surface area (Å²) in [4.78, 5) is 69.8. The van der Waals surface area contributed by atoms with Gasteiger partial charge in [0.1, 0.15) is 12.7 Å². The molecular formula is C32H32N6O10S. The number of benzene rings is 2. The summed E-state index contributed by atoms with van der Waals surface area (Å²) in [6.45, 7) is 0.595. The third-order valence-electron chi connectivity index (χ3n) is 6.23. The number of ketones is 2. The fourth-order valence-corrected chi connectivity index (χ4v) is 4.54. The van der Waals surface area contributed by atoms with E-state index in [2.05, 4.69) is 20.3 Å². The molecule has 0 aliphatic carbocycles. The molecule has 0 fully saturated rings. The van der Waals surface area contributed by atoms with Gasteiger partial charge in [0.15, 0.2) is 11.4 Å². The van der Waals surface area contributed by atoms with E-state index in [9.17, 15) is 19.2 Å². The van der Waals surface area contributed by atoms with Gasteiger partial charge in [-0.2, -0.15) is 0 Å². The number of rotatable bonds is 18. The third kappa shape index (κ3) is 11.4. The number of Topliss-reactive ketones (excluding diaryl/α,β-unsaturated/α-hetero) is 2. The highest BCUT2D eigenvalue weighted by molar-refractivity contribution is 7.99. The number of aromatic nitrogens is 4. The average Bonchev–Trinajstić information content (AvgIpc) is 3.87. The molecule has 2 heterocycles. The summed E-state index contributed by atoms with van der Waals surface area (Å²) in [6, 6.07) is 13.4. The number of hydrogen-bond acceptors (Lipinski definition) is 15. The van der Waals surface area contributed by atoms with Crippen LogP contribution in [0.2, 0.25) is 0 Å². The topological polar surface area (TPSA) is 184 Å². The van der Waals surface area contributed by atoms with Crippen LogP contribution >= 0.6 is 11.8 Å². The number of hydrogen-bond donors (Lipinski definition) is 0. The highest BCUT2D eigenvalue weighted by Crippen LogP contribution is 2.28. The predicted octanol–water partition coefficient (Wildman–Crippen LogP) is 4.00. The molecule has 256 valence electrons. The normalized spacial score (nSPS) is 11.7. The summed E-state index contributed by atoms with van der Waals surface area (Å²) in [5.41, 5.74) is 0.361. The van der Waals surface area contributed by atoms with Crippen LogP contribution in [0, 0.1) is 0 Å². The Kier molecular flexibility index (Phi) is 14.5. The molecule has 2 aromatic heterocycles. The van der Waals surface area contributed by atoms with Crippen LogP contribution in [0.5, 0.6) is 0 Å². The van der Waals surface area contributed by atoms with Gasteiger partial charge < -0.3 is 18.9 Å². The van der Waals surface area contributed by atoms with Gasteiger partial charge in [-0.05, 0) is 48.5 Å². The summed E-state index contributed by atoms with van der Waals surface area (Å²) in [7, 11) is 3.03. The molecule has 17 heteroatoms. The average molecular weight is 693 g/mol. The van der Waals surface area contributed by atoms with Gasteiger partial charge in [0.25, 0.3) is 0 Å². The van der Waals surface area contributed by atoms with E-state index in [1.165, 1.54) is 63.4 Å². The SMILES string of the molecule is COCCOC/C(=N\OC(=O)n1ccnc1)C(=O)c1ccc(Sc2ccc(C(=O)/C(COCCOC)=N/OC(=O)n3ccnc3)cc2)cc1. The number of nitrogens with zero attached hydrogens (tertiary/aromatic N) is 6. The van der Waals surface area contributed by atoms with Crippen molar-refractivity contribution in [3.8, 4) is 0 Å². The Morgan fingerprint density at radius 1 is 0.633 bits per heavy atom. The monoisotopic (exact) mass is 692 g/mol. The summed E-state index contributed by atoms with van der Waals surface area (Å²) in [5.74, 6) is -0.982. The zero-order chi connectivity index (χ0) is 34.8. The second-order valence-electron chi connectivity index (χ2n) is 9.63. The lowest BCUT2D eigenvalue weighted by atomic mass is 10.1. The molecule has 0 saturated carbocycles. The van der Waals surface area contributed by atoms with E-state index in [0.29, 0.717) is 24.3 Å². The van der Waals surface area contributed by atoms with Crippen LogP contribution in [-0.2, 0) is 28.6 Å². The van der Waals surface area contributed by atoms with Crippen molar-refractivity contribution >= 4 is 46.9 Å². The highest BCUT2D eigenvalue weighted by atomic mass is 32.2. The predicted molar refractivity (Wildman–Crippen MR) is 174 cm³/mol. The van der Waals surface area contributed by atoms with Crippen LogP contribution in [0.25, 0.3) is 0 Å². The fourth-order valence-electron chi connectivity index (χ4n) is 3.72. The number of imidazole rings is 2. The Balaban J connectivity index is 1.40. The highest BCUT2D eigenvalue weighted by Gasteiger charge is 2.19. The number of carbonyl (C=O) groups excluding carboxylic acids is 4. The molecule has 0 radical (unpaired) electrons. The van der Waals surface area contributed by atoms with E-state index in [1.807, 2.05) is 0 Å². The Morgan fingerprint density at radius 3 is 1.39 bits per heavy atom. The Labute approximate surface area is 284 Å². The summed E-state index contributed by atoms with van der Waals surface area (Å²) >= 11 is 1.39. The summed E-state index contributed by atoms with van der Waals surface area (Å²) in [6.07, 6.45) is 6.37. The minimum atomic E-state index is -0.841. The van der Waals surface area contributed by atoms with Gasteiger partial charge in [-0.3, -0.25) is 19.3 Å². The van der Waals surface area contributed by atoms with Crippen LogP contribution < -0.4 is 0 Å². The molecule has 0 N–H and O–H groups in total. The van der Waals surface area contributed by atoms with Gasteiger partial charge in [-0.15, -0.1) is 0 Å². The van der Waals surface area contributed by atoms with Gasteiger partial charge in [0.05, 0.1) is 39.6 Å². The van der Waals surface area contributed by atoms with Gasteiger partial charge in [0.2, 0.25) is 11.6 Å². The molecule has 0 spiro atoms. The minimum Gasteiger partial charge on any atom is -0.382 e. The second-order valence-corrected chi connectivity index (χ2v) is 10.8. The molecule has 0 aliphatic heterocycles. The van der Waals surface area contributed by atoms with Crippen LogP contribution in [0.1, 0.15) is 20.7 Å². The molecule has 0 atom stereocenters. The lowest BCUT2D eigenvalue weighted by Gasteiger charge is -2.09. The van der Waals surface area contributed by atoms with E-state index >= 15 is 0 Å². The molecular weight excluding hydrogens is 660 g/mol. The molecule has 4 rings (SSSR count). The van der Waals surface area contributed by atoms with Crippen molar-refractivity contribution in [1.82, 2.24) is 19.1 Å². The molecule has 0 amide bonds. The first kappa shape index (κ1) is 36.5. The summed E-state index contributed by atoms with van der Waals surface area (Å²) < 4.78 is 23.0. The van der Waals surface area contributed by atoms with Crippen molar-refractivity contribution in [2.24, 2.45) is 10.3 Å². The van der Waals surface area contributed by atoms with Gasteiger partial charge >= 0.3 is 12.2 Å². The first-order valence-electron chi connectivity index (χ1n) is 14.5. The van der Waals surface area contributed by atoms with Gasteiger partial charge in [-0.25, -0.2) is 28.7 Å². The molecule has 0 aliphatic rings. The number of methoxy groups -OCH3 is 2. The Bertz CT molecular complexity index is 1600. The molecule has 0 bridgehead atoms. The fraction of sp³-hybridized carbons (Fsp3) is 0.250. The zero-order valence-electron chi connectivity index (χ0n) is 26.5. The van der Waals surface area contributed by atoms with Crippen LogP contribution in [-0.4, -0.2) is 108 Å². The number of carbonyl (C=O) groups is 4. The number of oxime groups is 2. The maximum Gasteiger partial charge on any atom is 0.445 e. The van der Waals surface area contributed by atoms with Crippen molar-refractivity contribution in [3.05, 3.63) is 97.1 Å². The lowest BCUT2D eigenvalue weighted by molar-refractivity contribution is 0.0847. The zero-order valence-corrected chi connectivity index (χ0v) is 27.3. The molecule has 2 aromatic carbocycles. The van der Waals surface area contributed by atoms with E-state index in [4.69, 9.17) is 28.6 Å². The van der Waals surface area contributed by atoms with Crippen molar-refractivity contribution in [2.45, 2.75) is 9.79 Å². The Hall–Kier alpha value is -5.33. The minimum absolute atomic E-state index is 0.117. The van der Waals surface area contributed by atoms with E-state index in [0.717, 1.165) is 18.9 Å². The van der Waals surface area contributed by atoms with Gasteiger partial charge in [0, 0.05) is 59.9 Å². The quantitative estimate of drug-likeness (QED) is 0.0480. The van der Waals surface area contributed by atoms with E-state index in [1.54, 1.807) is 48.5 Å². The maximum atomic E-state index is 13.2. The smallest absolute Gasteiger partial charge is 0.382 e. The first-order chi connectivity index (χ1) is 23.9. The van der Waals surface area contributed by atoms with Crippen LogP contribution in [0.15, 0.2) is 106 Å². The van der Waals surface area contributed by atoms with Crippen LogP contribution in [0.3, 0.4) is 0 Å². The summed E-state index contributed by atoms with van der Waals surface area (Å²) in [5, 5.41) is 7.51. The molecule has 0 unspecified atom stereocenters. The largest absolute Gasteiger partial charge is 0.445 e. The van der Waals surface area contributed by atoms with Crippen molar-refractivity contribution in [3.63, 3.8) is 0 Å². The maximum absolute atomic E-state index is 13.2. The molecule has 0 saturated heterocycles. The van der Waals surface area contributed by atoms with Crippen molar-refractivity contribution in [2.75, 3.05) is 53.9 Å². The first-order valence-corrected chi connectivity index (χ1v) is 15.3. The van der Waals surface area contributed by atoms with Crippen LogP contribution in [0.4, 0.5) is 9.59 Å². The standard InChI is InChI=1S/C32H32N6O10S/c1-43-15-17-45-19-27(35-47-31(41)37-13-11-33-21-37)29(39)23-3-7-25(8-4-23)49-26-9-5-24(6-10-26)30(40)28(20-46-18-16-44-2)36-48-32(42)38-14-12-34-22-38/h3-14,21-22H,15-20H2,1-2H3/b35-27+,36-28+. The number of ether oxygens (including phenoxy) is 4. The van der Waals surface area contributed by atoms with Gasteiger partial charge in [-0.1, -0.05) is 22.1 Å². The van der Waals surface area contributed by atoms with Crippen molar-refractivity contribution in [1.29, 1.82) is 0 Å². The van der Waals surface area contributed by atoms with E-state index < -0.39 is 23.8 Å². The molecule has 4 aromatic rings. The molecule has 49 heavy (non-hydrogen) atoms. The second kappa shape index (κ2) is 19.5. The van der Waals surface area contributed by atoms with Crippen molar-refractivity contribution < 1.29 is 47.8 Å². The molecule has 16 nitrogen and oxygen atoms in total.